The lowest BCUT2D eigenvalue weighted by Gasteiger charge is -1.90. The second-order valence-corrected chi connectivity index (χ2v) is 4.97. The third-order valence-corrected chi connectivity index (χ3v) is 3.69. The lowest BCUT2D eigenvalue weighted by Crippen LogP contribution is -1.76. The third-order valence-electron chi connectivity index (χ3n) is 1.68. The summed E-state index contributed by atoms with van der Waals surface area (Å²) in [5.41, 5.74) is 3.16. The number of hydrogen-bond donors (Lipinski definition) is 0. The Morgan fingerprint density at radius 3 is 2.25 bits per heavy atom. The van der Waals surface area contributed by atoms with Gasteiger partial charge in [-0.05, 0) is 26.7 Å². The summed E-state index contributed by atoms with van der Waals surface area (Å²) in [6.45, 7) is 6.83. The fourth-order valence-electron chi connectivity index (χ4n) is 1.10. The van der Waals surface area contributed by atoms with Crippen molar-refractivity contribution in [2.75, 3.05) is 12.8 Å². The molecule has 0 fully saturated rings. The molecule has 1 aliphatic rings. The summed E-state index contributed by atoms with van der Waals surface area (Å²) >= 11 is 0. The van der Waals surface area contributed by atoms with Crippen LogP contribution in [0.3, 0.4) is 0 Å². The van der Waals surface area contributed by atoms with E-state index in [2.05, 4.69) is 26.3 Å². The molecule has 0 saturated carbocycles. The van der Waals surface area contributed by atoms with Crippen molar-refractivity contribution < 1.29 is 0 Å². The number of hydrogen-bond acceptors (Lipinski definition) is 0. The van der Waals surface area contributed by atoms with Crippen molar-refractivity contribution in [3.63, 3.8) is 0 Å². The van der Waals surface area contributed by atoms with Crippen molar-refractivity contribution in [1.82, 2.24) is 0 Å². The van der Waals surface area contributed by atoms with Gasteiger partial charge in [0.15, 0.2) is 0 Å². The third kappa shape index (κ3) is 1.06. The topological polar surface area (TPSA) is 0 Å². The second-order valence-electron chi connectivity index (χ2n) is 2.63. The molecule has 0 aromatic heterocycles. The van der Waals surface area contributed by atoms with E-state index in [4.69, 9.17) is 0 Å². The van der Waals surface area contributed by atoms with Crippen LogP contribution in [0.4, 0.5) is 0 Å². The summed E-state index contributed by atoms with van der Waals surface area (Å²) in [4.78, 5) is 0. The molecule has 1 aliphatic heterocycles. The molecule has 1 atom stereocenters. The summed E-state index contributed by atoms with van der Waals surface area (Å²) in [7, 11) is -0.0535. The maximum absolute atomic E-state index is 2.44. The van der Waals surface area contributed by atoms with Crippen molar-refractivity contribution in [1.29, 1.82) is 0 Å². The van der Waals surface area contributed by atoms with Gasteiger partial charge >= 0.3 is 0 Å². The van der Waals surface area contributed by atoms with Crippen molar-refractivity contribution in [3.8, 4) is 0 Å². The lowest BCUT2D eigenvalue weighted by atomic mass is 10.2. The van der Waals surface area contributed by atoms with Gasteiger partial charge in [0.2, 0.25) is 0 Å². The average Bonchev–Trinajstić information content (AvgIpc) is 1.85. The molecule has 1 rings (SSSR count). The van der Waals surface area contributed by atoms with Crippen molar-refractivity contribution >= 4 is 13.3 Å². The van der Waals surface area contributed by atoms with Crippen LogP contribution in [0.1, 0.15) is 13.8 Å². The minimum atomic E-state index is -0.0535. The van der Waals surface area contributed by atoms with Crippen molar-refractivity contribution in [2.45, 2.75) is 13.8 Å². The van der Waals surface area contributed by atoms with Gasteiger partial charge < -0.3 is 0 Å². The summed E-state index contributed by atoms with van der Waals surface area (Å²) in [6.07, 6.45) is 1.39. The van der Waals surface area contributed by atoms with E-state index in [1.807, 2.05) is 0 Å². The van der Waals surface area contributed by atoms with Gasteiger partial charge in [0, 0.05) is 0 Å². The number of allylic oxidation sites excluding steroid dienone is 2. The van der Waals surface area contributed by atoms with Gasteiger partial charge in [-0.3, -0.25) is 0 Å². The Hall–Kier alpha value is 0.0400. The molecule has 0 spiro atoms. The lowest BCUT2D eigenvalue weighted by molar-refractivity contribution is 1.35. The van der Waals surface area contributed by atoms with Gasteiger partial charge in [-0.15, -0.1) is 7.55 Å². The highest BCUT2D eigenvalue weighted by Gasteiger charge is 2.01. The maximum Gasteiger partial charge on any atom is -0.0140 e. The van der Waals surface area contributed by atoms with E-state index in [-0.39, 0.29) is 7.55 Å². The van der Waals surface area contributed by atoms with Crippen LogP contribution in [0.5, 0.6) is 0 Å². The van der Waals surface area contributed by atoms with Crippen LogP contribution in [-0.2, 0) is 0 Å². The molecule has 1 heteroatoms. The van der Waals surface area contributed by atoms with Crippen LogP contribution in [-0.4, -0.2) is 18.6 Å². The Morgan fingerprint density at radius 1 is 1.50 bits per heavy atom. The van der Waals surface area contributed by atoms with E-state index in [0.717, 1.165) is 0 Å². The first-order chi connectivity index (χ1) is 3.70. The Bertz CT molecular complexity index is 163. The summed E-state index contributed by atoms with van der Waals surface area (Å²) < 4.78 is 0. The Morgan fingerprint density at radius 2 is 2.12 bits per heavy atom. The Balaban J connectivity index is 2.79. The molecular weight excluding hydrogens is 115 g/mol. The van der Waals surface area contributed by atoms with Crippen LogP contribution in [0.25, 0.3) is 0 Å². The summed E-state index contributed by atoms with van der Waals surface area (Å²) in [5.74, 6) is 2.44. The molecule has 0 bridgehead atoms. The summed E-state index contributed by atoms with van der Waals surface area (Å²) in [6, 6.07) is 0. The van der Waals surface area contributed by atoms with Crippen LogP contribution < -0.4 is 0 Å². The molecule has 0 aromatic carbocycles. The van der Waals surface area contributed by atoms with Gasteiger partial charge in [-0.1, -0.05) is 16.9 Å². The molecule has 0 saturated heterocycles. The van der Waals surface area contributed by atoms with E-state index < -0.39 is 0 Å². The van der Waals surface area contributed by atoms with Crippen LogP contribution >= 0.6 is 7.55 Å². The zero-order valence-corrected chi connectivity index (χ0v) is 6.78. The van der Waals surface area contributed by atoms with E-state index in [1.165, 1.54) is 6.16 Å². The zero-order chi connectivity index (χ0) is 6.15. The first-order valence-corrected chi connectivity index (χ1v) is 5.32. The first-order valence-electron chi connectivity index (χ1n) is 3.03. The van der Waals surface area contributed by atoms with E-state index in [1.54, 1.807) is 11.1 Å². The van der Waals surface area contributed by atoms with E-state index in [0.29, 0.717) is 0 Å². The smallest absolute Gasteiger partial charge is 0.0140 e. The molecule has 0 N–H and O–H groups in total. The summed E-state index contributed by atoms with van der Waals surface area (Å²) in [5, 5.41) is 0. The largest absolute Gasteiger partial charge is 0.116 e. The van der Waals surface area contributed by atoms with Gasteiger partial charge in [0.05, 0.1) is 0 Å². The molecule has 0 radical (unpaired) electrons. The highest BCUT2D eigenvalue weighted by Crippen LogP contribution is 2.28. The maximum atomic E-state index is 2.44. The molecule has 46 valence electrons. The number of rotatable bonds is 0. The highest BCUT2D eigenvalue weighted by molar-refractivity contribution is 7.57. The molecule has 8 heavy (non-hydrogen) atoms. The fourth-order valence-corrected chi connectivity index (χ4v) is 3.30. The Kier molecular flexibility index (Phi) is 1.62. The van der Waals surface area contributed by atoms with Crippen molar-refractivity contribution in [2.24, 2.45) is 0 Å². The predicted molar refractivity (Wildman–Crippen MR) is 43.5 cm³/mol. The highest BCUT2D eigenvalue weighted by atomic mass is 31.1. The Labute approximate surface area is 52.0 Å². The van der Waals surface area contributed by atoms with E-state index in [9.17, 15) is 0 Å². The monoisotopic (exact) mass is 128 g/mol. The molecular formula is C7H13P. The minimum Gasteiger partial charge on any atom is -0.116 e. The minimum absolute atomic E-state index is 0.0535. The fraction of sp³-hybridized carbons (Fsp3) is 0.571. The van der Waals surface area contributed by atoms with Crippen LogP contribution in [0, 0.1) is 0 Å². The quantitative estimate of drug-likeness (QED) is 0.437. The molecule has 1 heterocycles. The van der Waals surface area contributed by atoms with Gasteiger partial charge in [-0.25, -0.2) is 0 Å². The molecule has 0 aromatic rings. The van der Waals surface area contributed by atoms with Gasteiger partial charge in [0.1, 0.15) is 0 Å². The van der Waals surface area contributed by atoms with Crippen LogP contribution in [0.15, 0.2) is 11.1 Å². The molecule has 0 nitrogen and oxygen atoms in total. The molecule has 0 aliphatic carbocycles. The van der Waals surface area contributed by atoms with Crippen molar-refractivity contribution in [3.05, 3.63) is 11.1 Å². The van der Waals surface area contributed by atoms with E-state index >= 15 is 0 Å². The molecule has 1 unspecified atom stereocenters. The van der Waals surface area contributed by atoms with Gasteiger partial charge in [0.25, 0.3) is 0 Å². The standard InChI is InChI=1S/C7H13P/c1-6-4-8(3)5-7(6)2/h4,8H,5H2,1-3H3. The molecule has 0 amide bonds. The first kappa shape index (κ1) is 6.16. The predicted octanol–water partition coefficient (Wildman–Crippen LogP) is 1.98. The SMILES string of the molecule is CC1=C(C)C[PH](C)=C1. The second kappa shape index (κ2) is 2.11. The normalized spacial score (nSPS) is 28.6. The van der Waals surface area contributed by atoms with Gasteiger partial charge in [-0.2, -0.15) is 0 Å². The van der Waals surface area contributed by atoms with Crippen LogP contribution in [0.2, 0.25) is 0 Å². The average molecular weight is 128 g/mol. The zero-order valence-electron chi connectivity index (χ0n) is 5.78.